The van der Waals surface area contributed by atoms with Crippen molar-refractivity contribution in [2.45, 2.75) is 20.8 Å². The van der Waals surface area contributed by atoms with Crippen LogP contribution in [0.2, 0.25) is 0 Å². The van der Waals surface area contributed by atoms with Crippen molar-refractivity contribution in [3.8, 4) is 11.1 Å². The summed E-state index contributed by atoms with van der Waals surface area (Å²) in [5.41, 5.74) is 8.16. The van der Waals surface area contributed by atoms with Gasteiger partial charge in [-0.2, -0.15) is 5.10 Å². The predicted molar refractivity (Wildman–Crippen MR) is 99.5 cm³/mol. The Kier molecular flexibility index (Phi) is 4.04. The summed E-state index contributed by atoms with van der Waals surface area (Å²) in [5.74, 6) is 0.884. The fourth-order valence-corrected chi connectivity index (χ4v) is 2.80. The summed E-state index contributed by atoms with van der Waals surface area (Å²) in [5, 5.41) is 10.6. The normalized spacial score (nSPS) is 11.7. The van der Waals surface area contributed by atoms with Gasteiger partial charge in [0.1, 0.15) is 5.82 Å². The van der Waals surface area contributed by atoms with E-state index in [0.717, 1.165) is 26.5 Å². The Morgan fingerprint density at radius 2 is 2.00 bits per heavy atom. The highest BCUT2D eigenvalue weighted by atomic mass is 79.9. The number of nitrogens with zero attached hydrogens (tertiary/aromatic N) is 2. The number of H-pyrrole nitrogens is 1. The second-order valence-corrected chi connectivity index (χ2v) is 7.48. The summed E-state index contributed by atoms with van der Waals surface area (Å²) < 4.78 is 0.872. The van der Waals surface area contributed by atoms with E-state index in [2.05, 4.69) is 36.4 Å². The number of anilines is 2. The first-order chi connectivity index (χ1) is 11.3. The van der Waals surface area contributed by atoms with Gasteiger partial charge in [0.15, 0.2) is 5.82 Å². The molecule has 4 N–H and O–H groups in total. The van der Waals surface area contributed by atoms with Gasteiger partial charge >= 0.3 is 0 Å². The van der Waals surface area contributed by atoms with E-state index in [1.165, 1.54) is 0 Å². The molecule has 3 rings (SSSR count). The first-order valence-electron chi connectivity index (χ1n) is 7.46. The van der Waals surface area contributed by atoms with Gasteiger partial charge in [0.05, 0.1) is 5.52 Å². The third kappa shape index (κ3) is 3.12. The van der Waals surface area contributed by atoms with E-state index >= 15 is 0 Å². The number of pyridine rings is 1. The summed E-state index contributed by atoms with van der Waals surface area (Å²) in [4.78, 5) is 16.4. The van der Waals surface area contributed by atoms with Crippen LogP contribution in [0.5, 0.6) is 0 Å². The standard InChI is InChI=1S/C17H18BrN5O/c1-17(2,3)16(24)21-13-8-9(4-5-20-13)10-6-11-14(12(18)7-10)22-23-15(11)19/h4-8H,1-3H3,(H3,19,22,23)(H,20,21,24). The van der Waals surface area contributed by atoms with Crippen molar-refractivity contribution >= 4 is 44.4 Å². The van der Waals surface area contributed by atoms with Crippen molar-refractivity contribution in [2.75, 3.05) is 11.1 Å². The second-order valence-electron chi connectivity index (χ2n) is 6.62. The molecule has 3 aromatic rings. The quantitative estimate of drug-likeness (QED) is 0.619. The fraction of sp³-hybridized carbons (Fsp3) is 0.235. The Balaban J connectivity index is 2.00. The van der Waals surface area contributed by atoms with Crippen LogP contribution in [0.4, 0.5) is 11.6 Å². The van der Waals surface area contributed by atoms with Gasteiger partial charge in [-0.3, -0.25) is 9.89 Å². The molecule has 0 atom stereocenters. The topological polar surface area (TPSA) is 96.7 Å². The number of rotatable bonds is 2. The minimum Gasteiger partial charge on any atom is -0.382 e. The molecular formula is C17H18BrN5O. The maximum absolute atomic E-state index is 12.1. The van der Waals surface area contributed by atoms with Gasteiger partial charge in [0, 0.05) is 21.5 Å². The predicted octanol–water partition coefficient (Wildman–Crippen LogP) is 3.95. The number of benzene rings is 1. The number of hydrogen-bond donors (Lipinski definition) is 3. The molecule has 1 aromatic carbocycles. The zero-order valence-electron chi connectivity index (χ0n) is 13.6. The Hall–Kier alpha value is -2.41. The molecule has 24 heavy (non-hydrogen) atoms. The highest BCUT2D eigenvalue weighted by Crippen LogP contribution is 2.32. The minimum absolute atomic E-state index is 0.0807. The van der Waals surface area contributed by atoms with E-state index in [1.54, 1.807) is 6.20 Å². The largest absolute Gasteiger partial charge is 0.382 e. The molecule has 0 radical (unpaired) electrons. The number of carbonyl (C=O) groups excluding carboxylic acids is 1. The fourth-order valence-electron chi connectivity index (χ4n) is 2.25. The first kappa shape index (κ1) is 16.4. The zero-order valence-corrected chi connectivity index (χ0v) is 15.2. The maximum Gasteiger partial charge on any atom is 0.230 e. The first-order valence-corrected chi connectivity index (χ1v) is 8.26. The average Bonchev–Trinajstić information content (AvgIpc) is 2.89. The van der Waals surface area contributed by atoms with Crippen LogP contribution in [0.3, 0.4) is 0 Å². The number of nitrogens with two attached hydrogens (primary N) is 1. The van der Waals surface area contributed by atoms with Gasteiger partial charge in [-0.15, -0.1) is 0 Å². The Morgan fingerprint density at radius 3 is 2.71 bits per heavy atom. The van der Waals surface area contributed by atoms with Gasteiger partial charge in [-0.1, -0.05) is 20.8 Å². The summed E-state index contributed by atoms with van der Waals surface area (Å²) in [6.07, 6.45) is 1.67. The average molecular weight is 388 g/mol. The highest BCUT2D eigenvalue weighted by molar-refractivity contribution is 9.10. The molecule has 0 aliphatic rings. The third-order valence-corrected chi connectivity index (χ3v) is 4.30. The Labute approximate surface area is 148 Å². The van der Waals surface area contributed by atoms with Crippen molar-refractivity contribution in [1.29, 1.82) is 0 Å². The molecule has 124 valence electrons. The molecule has 0 aliphatic heterocycles. The van der Waals surface area contributed by atoms with E-state index in [1.807, 2.05) is 45.0 Å². The van der Waals surface area contributed by atoms with E-state index in [-0.39, 0.29) is 5.91 Å². The summed E-state index contributed by atoms with van der Waals surface area (Å²) in [6.45, 7) is 5.58. The molecule has 6 nitrogen and oxygen atoms in total. The van der Waals surface area contributed by atoms with Crippen molar-refractivity contribution in [1.82, 2.24) is 15.2 Å². The lowest BCUT2D eigenvalue weighted by Gasteiger charge is -2.17. The number of aromatic nitrogens is 3. The second kappa shape index (κ2) is 5.90. The number of nitrogens with one attached hydrogen (secondary N) is 2. The summed E-state index contributed by atoms with van der Waals surface area (Å²) >= 11 is 3.53. The molecule has 1 amide bonds. The number of halogens is 1. The molecule has 2 aromatic heterocycles. The minimum atomic E-state index is -0.481. The SMILES string of the molecule is CC(C)(C)C(=O)Nc1cc(-c2cc(Br)c3[nH]nc(N)c3c2)ccn1. The lowest BCUT2D eigenvalue weighted by molar-refractivity contribution is -0.123. The summed E-state index contributed by atoms with van der Waals surface area (Å²) in [6, 6.07) is 7.67. The third-order valence-electron chi connectivity index (χ3n) is 3.67. The number of aromatic amines is 1. The lowest BCUT2D eigenvalue weighted by Crippen LogP contribution is -2.27. The van der Waals surface area contributed by atoms with E-state index in [9.17, 15) is 4.79 Å². The molecular weight excluding hydrogens is 370 g/mol. The number of amides is 1. The number of nitrogen functional groups attached to an aromatic ring is 1. The highest BCUT2D eigenvalue weighted by Gasteiger charge is 2.21. The van der Waals surface area contributed by atoms with Crippen LogP contribution >= 0.6 is 15.9 Å². The zero-order chi connectivity index (χ0) is 17.5. The lowest BCUT2D eigenvalue weighted by atomic mass is 9.96. The number of hydrogen-bond acceptors (Lipinski definition) is 4. The van der Waals surface area contributed by atoms with Gasteiger partial charge in [0.25, 0.3) is 0 Å². The van der Waals surface area contributed by atoms with Crippen LogP contribution in [0, 0.1) is 5.41 Å². The van der Waals surface area contributed by atoms with Crippen molar-refractivity contribution in [3.05, 3.63) is 34.9 Å². The molecule has 2 heterocycles. The van der Waals surface area contributed by atoms with E-state index in [0.29, 0.717) is 11.6 Å². The smallest absolute Gasteiger partial charge is 0.230 e. The van der Waals surface area contributed by atoms with Gasteiger partial charge < -0.3 is 11.1 Å². The van der Waals surface area contributed by atoms with Crippen molar-refractivity contribution < 1.29 is 4.79 Å². The molecule has 0 saturated carbocycles. The summed E-state index contributed by atoms with van der Waals surface area (Å²) in [7, 11) is 0. The van der Waals surface area contributed by atoms with Crippen molar-refractivity contribution in [3.63, 3.8) is 0 Å². The molecule has 0 fully saturated rings. The Bertz CT molecular complexity index is 926. The van der Waals surface area contributed by atoms with Crippen LogP contribution in [-0.2, 0) is 4.79 Å². The molecule has 0 aliphatic carbocycles. The van der Waals surface area contributed by atoms with Gasteiger partial charge in [-0.25, -0.2) is 4.98 Å². The molecule has 0 spiro atoms. The molecule has 0 unspecified atom stereocenters. The van der Waals surface area contributed by atoms with Crippen LogP contribution < -0.4 is 11.1 Å². The van der Waals surface area contributed by atoms with E-state index < -0.39 is 5.41 Å². The van der Waals surface area contributed by atoms with Crippen molar-refractivity contribution in [2.24, 2.45) is 5.41 Å². The van der Waals surface area contributed by atoms with Crippen LogP contribution in [0.15, 0.2) is 34.9 Å². The van der Waals surface area contributed by atoms with Gasteiger partial charge in [-0.05, 0) is 51.3 Å². The Morgan fingerprint density at radius 1 is 1.25 bits per heavy atom. The van der Waals surface area contributed by atoms with Gasteiger partial charge in [0.2, 0.25) is 5.91 Å². The monoisotopic (exact) mass is 387 g/mol. The number of fused-ring (bicyclic) bond motifs is 1. The van der Waals surface area contributed by atoms with Crippen LogP contribution in [-0.4, -0.2) is 21.1 Å². The maximum atomic E-state index is 12.1. The molecule has 0 bridgehead atoms. The number of carbonyl (C=O) groups is 1. The van der Waals surface area contributed by atoms with Crippen LogP contribution in [0.1, 0.15) is 20.8 Å². The molecule has 0 saturated heterocycles. The van der Waals surface area contributed by atoms with Crippen LogP contribution in [0.25, 0.3) is 22.0 Å². The molecule has 7 heteroatoms. The van der Waals surface area contributed by atoms with E-state index in [4.69, 9.17) is 5.73 Å².